The monoisotopic (exact) mass is 285 g/mol. The van der Waals surface area contributed by atoms with Crippen LogP contribution in [0.3, 0.4) is 0 Å². The third-order valence-electron chi connectivity index (χ3n) is 3.33. The molecule has 0 saturated carbocycles. The number of nitrogens with one attached hydrogen (secondary N) is 1. The van der Waals surface area contributed by atoms with Crippen LogP contribution in [0.1, 0.15) is 38.5 Å². The molecular weight excluding hydrogens is 256 g/mol. The zero-order chi connectivity index (χ0) is 15.4. The second kappa shape index (κ2) is 10.4. The number of amides is 1. The Bertz CT molecular complexity index is 314. The molecule has 2 N–H and O–H groups in total. The van der Waals surface area contributed by atoms with Crippen molar-refractivity contribution in [3.63, 3.8) is 0 Å². The predicted octanol–water partition coefficient (Wildman–Crippen LogP) is 1.79. The minimum atomic E-state index is -0.711. The maximum absolute atomic E-state index is 10.9. The summed E-state index contributed by atoms with van der Waals surface area (Å²) in [6, 6.07) is 0. The summed E-state index contributed by atoms with van der Waals surface area (Å²) < 4.78 is 0.929. The molecule has 0 aliphatic carbocycles. The number of unbranched alkanes of at least 4 members (excludes halogenated alkanes) is 3. The van der Waals surface area contributed by atoms with Gasteiger partial charge in [-0.25, -0.2) is 0 Å². The molecule has 0 heterocycles. The van der Waals surface area contributed by atoms with Crippen LogP contribution in [0.4, 0.5) is 0 Å². The molecule has 0 saturated heterocycles. The number of hydrogen-bond acceptors (Lipinski definition) is 2. The van der Waals surface area contributed by atoms with Gasteiger partial charge in [0.25, 0.3) is 0 Å². The van der Waals surface area contributed by atoms with E-state index in [1.165, 1.54) is 6.08 Å². The number of carboxylic acid groups (broad SMARTS) is 1. The lowest BCUT2D eigenvalue weighted by Crippen LogP contribution is -2.41. The predicted molar refractivity (Wildman–Crippen MR) is 80.4 cm³/mol. The van der Waals surface area contributed by atoms with Gasteiger partial charge in [0.2, 0.25) is 5.91 Å². The molecule has 0 aliphatic heterocycles. The Morgan fingerprint density at radius 3 is 2.25 bits per heavy atom. The number of carboxylic acids is 1. The van der Waals surface area contributed by atoms with Gasteiger partial charge in [0.1, 0.15) is 0 Å². The Kier molecular flexibility index (Phi) is 9.72. The van der Waals surface area contributed by atoms with E-state index in [1.54, 1.807) is 0 Å². The SMILES string of the molecule is C=CC(=O)NCCCCC[N+](C)(C)CCCCC(=O)O. The number of quaternary nitrogens is 1. The number of carbonyl (C=O) groups excluding carboxylic acids is 1. The zero-order valence-corrected chi connectivity index (χ0v) is 12.9. The fraction of sp³-hybridized carbons (Fsp3) is 0.733. The van der Waals surface area contributed by atoms with E-state index in [0.717, 1.165) is 49.7 Å². The highest BCUT2D eigenvalue weighted by molar-refractivity contribution is 5.86. The molecular formula is C15H29N2O3+. The number of nitrogens with zero attached hydrogens (tertiary/aromatic N) is 1. The van der Waals surface area contributed by atoms with Gasteiger partial charge in [-0.2, -0.15) is 0 Å². The molecule has 0 aromatic heterocycles. The lowest BCUT2D eigenvalue weighted by Gasteiger charge is -2.29. The third kappa shape index (κ3) is 11.7. The molecule has 0 bridgehead atoms. The fourth-order valence-electron chi connectivity index (χ4n) is 2.05. The van der Waals surface area contributed by atoms with E-state index in [2.05, 4.69) is 26.0 Å². The second-order valence-electron chi connectivity index (χ2n) is 5.79. The largest absolute Gasteiger partial charge is 0.481 e. The molecule has 0 unspecified atom stereocenters. The summed E-state index contributed by atoms with van der Waals surface area (Å²) in [4.78, 5) is 21.3. The lowest BCUT2D eigenvalue weighted by atomic mass is 10.2. The van der Waals surface area contributed by atoms with Gasteiger partial charge in [0.15, 0.2) is 0 Å². The zero-order valence-electron chi connectivity index (χ0n) is 12.9. The van der Waals surface area contributed by atoms with Gasteiger partial charge in [-0.3, -0.25) is 9.59 Å². The lowest BCUT2D eigenvalue weighted by molar-refractivity contribution is -0.890. The third-order valence-corrected chi connectivity index (χ3v) is 3.33. The standard InChI is InChI=1S/C15H28N2O3/c1-4-14(18)16-11-7-5-8-12-17(2,3)13-9-6-10-15(19)20/h4H,1,5-13H2,2-3H3,(H-,16,18,19,20)/p+1. The van der Waals surface area contributed by atoms with Crippen LogP contribution >= 0.6 is 0 Å². The van der Waals surface area contributed by atoms with Crippen molar-refractivity contribution in [1.82, 2.24) is 5.32 Å². The summed E-state index contributed by atoms with van der Waals surface area (Å²) in [7, 11) is 4.36. The minimum Gasteiger partial charge on any atom is -0.481 e. The fourth-order valence-corrected chi connectivity index (χ4v) is 2.05. The van der Waals surface area contributed by atoms with E-state index in [1.807, 2.05) is 0 Å². The highest BCUT2D eigenvalue weighted by atomic mass is 16.4. The summed E-state index contributed by atoms with van der Waals surface area (Å²) in [6.45, 7) is 6.21. The molecule has 0 atom stereocenters. The van der Waals surface area contributed by atoms with E-state index >= 15 is 0 Å². The van der Waals surface area contributed by atoms with Crippen LogP contribution in [0.25, 0.3) is 0 Å². The number of aliphatic carboxylic acids is 1. The molecule has 20 heavy (non-hydrogen) atoms. The van der Waals surface area contributed by atoms with Crippen molar-refractivity contribution >= 4 is 11.9 Å². The number of carbonyl (C=O) groups is 2. The van der Waals surface area contributed by atoms with Gasteiger partial charge in [0, 0.05) is 13.0 Å². The van der Waals surface area contributed by atoms with Crippen LogP contribution in [0, 0.1) is 0 Å². The van der Waals surface area contributed by atoms with Crippen LogP contribution < -0.4 is 5.32 Å². The van der Waals surface area contributed by atoms with E-state index in [-0.39, 0.29) is 12.3 Å². The van der Waals surface area contributed by atoms with Gasteiger partial charge in [-0.15, -0.1) is 0 Å². The average Bonchev–Trinajstić information content (AvgIpc) is 2.38. The van der Waals surface area contributed by atoms with Crippen molar-refractivity contribution in [3.05, 3.63) is 12.7 Å². The first-order valence-corrected chi connectivity index (χ1v) is 7.31. The van der Waals surface area contributed by atoms with Crippen molar-refractivity contribution in [1.29, 1.82) is 0 Å². The van der Waals surface area contributed by atoms with Gasteiger partial charge in [0.05, 0.1) is 27.2 Å². The van der Waals surface area contributed by atoms with E-state index < -0.39 is 5.97 Å². The quantitative estimate of drug-likeness (QED) is 0.326. The Morgan fingerprint density at radius 1 is 1.10 bits per heavy atom. The molecule has 116 valence electrons. The summed E-state index contributed by atoms with van der Waals surface area (Å²) in [5.41, 5.74) is 0. The summed E-state index contributed by atoms with van der Waals surface area (Å²) in [5.74, 6) is -0.823. The van der Waals surface area contributed by atoms with Crippen LogP contribution in [-0.2, 0) is 9.59 Å². The maximum atomic E-state index is 10.9. The molecule has 0 rings (SSSR count). The molecule has 0 aromatic rings. The van der Waals surface area contributed by atoms with E-state index in [9.17, 15) is 9.59 Å². The Balaban J connectivity index is 3.54. The summed E-state index contributed by atoms with van der Waals surface area (Å²) in [6.07, 6.45) is 6.46. The molecule has 5 heteroatoms. The van der Waals surface area contributed by atoms with Crippen molar-refractivity contribution in [2.24, 2.45) is 0 Å². The van der Waals surface area contributed by atoms with Crippen LogP contribution in [0.5, 0.6) is 0 Å². The number of hydrogen-bond donors (Lipinski definition) is 2. The first-order chi connectivity index (χ1) is 9.37. The highest BCUT2D eigenvalue weighted by Gasteiger charge is 2.13. The topological polar surface area (TPSA) is 66.4 Å². The molecule has 0 spiro atoms. The second-order valence-corrected chi connectivity index (χ2v) is 5.79. The highest BCUT2D eigenvalue weighted by Crippen LogP contribution is 2.07. The molecule has 0 aliphatic rings. The molecule has 0 aromatic carbocycles. The smallest absolute Gasteiger partial charge is 0.303 e. The summed E-state index contributed by atoms with van der Waals surface area (Å²) in [5, 5.41) is 11.3. The first-order valence-electron chi connectivity index (χ1n) is 7.31. The molecule has 0 fully saturated rings. The van der Waals surface area contributed by atoms with Crippen molar-refractivity contribution < 1.29 is 19.2 Å². The average molecular weight is 285 g/mol. The van der Waals surface area contributed by atoms with Gasteiger partial charge in [-0.1, -0.05) is 6.58 Å². The maximum Gasteiger partial charge on any atom is 0.303 e. The van der Waals surface area contributed by atoms with Crippen LogP contribution in [0.15, 0.2) is 12.7 Å². The molecule has 1 amide bonds. The van der Waals surface area contributed by atoms with E-state index in [0.29, 0.717) is 6.54 Å². The number of rotatable bonds is 12. The van der Waals surface area contributed by atoms with E-state index in [4.69, 9.17) is 5.11 Å². The Labute approximate surface area is 122 Å². The Morgan fingerprint density at radius 2 is 1.70 bits per heavy atom. The van der Waals surface area contributed by atoms with Gasteiger partial charge < -0.3 is 14.9 Å². The minimum absolute atomic E-state index is 0.112. The van der Waals surface area contributed by atoms with Gasteiger partial charge in [-0.05, 0) is 38.2 Å². The molecule has 5 nitrogen and oxygen atoms in total. The van der Waals surface area contributed by atoms with Crippen LogP contribution in [-0.4, -0.2) is 55.2 Å². The van der Waals surface area contributed by atoms with Gasteiger partial charge >= 0.3 is 5.97 Å². The van der Waals surface area contributed by atoms with Crippen molar-refractivity contribution in [3.8, 4) is 0 Å². The summed E-state index contributed by atoms with van der Waals surface area (Å²) >= 11 is 0. The Hall–Kier alpha value is -1.36. The normalized spacial score (nSPS) is 11.1. The van der Waals surface area contributed by atoms with Crippen molar-refractivity contribution in [2.45, 2.75) is 38.5 Å². The van der Waals surface area contributed by atoms with Crippen molar-refractivity contribution in [2.75, 3.05) is 33.7 Å². The molecule has 0 radical (unpaired) electrons. The van der Waals surface area contributed by atoms with Crippen LogP contribution in [0.2, 0.25) is 0 Å². The first kappa shape index (κ1) is 18.6.